The van der Waals surface area contributed by atoms with Gasteiger partial charge in [-0.25, -0.2) is 13.7 Å². The summed E-state index contributed by atoms with van der Waals surface area (Å²) in [6, 6.07) is 7.28. The number of hydrogen-bond donors (Lipinski definition) is 4. The van der Waals surface area contributed by atoms with E-state index in [0.29, 0.717) is 6.54 Å². The molecular weight excluding hydrogens is 268 g/mol. The summed E-state index contributed by atoms with van der Waals surface area (Å²) in [6.07, 6.45) is 1.49. The lowest BCUT2D eigenvalue weighted by Gasteiger charge is -2.01. The lowest BCUT2D eigenvalue weighted by Crippen LogP contribution is -2.17. The van der Waals surface area contributed by atoms with Gasteiger partial charge in [0.15, 0.2) is 0 Å². The Morgan fingerprint density at radius 2 is 2.16 bits per heavy atom. The van der Waals surface area contributed by atoms with Crippen molar-refractivity contribution in [3.8, 4) is 0 Å². The molecule has 0 spiro atoms. The predicted molar refractivity (Wildman–Crippen MR) is 72.4 cm³/mol. The number of rotatable bonds is 6. The van der Waals surface area contributed by atoms with E-state index in [4.69, 9.17) is 9.66 Å². The first-order chi connectivity index (χ1) is 9.06. The van der Waals surface area contributed by atoms with Crippen LogP contribution >= 0.6 is 0 Å². The fourth-order valence-electron chi connectivity index (χ4n) is 1.90. The van der Waals surface area contributed by atoms with Crippen molar-refractivity contribution >= 4 is 28.1 Å². The van der Waals surface area contributed by atoms with E-state index in [0.717, 1.165) is 29.3 Å². The Kier molecular flexibility index (Phi) is 4.31. The SMILES string of the molecule is O=C(O)c1cc2cc(CCCNS(=O)O)ccc2[nH]1. The van der Waals surface area contributed by atoms with Crippen LogP contribution in [0.2, 0.25) is 0 Å². The predicted octanol–water partition coefficient (Wildman–Crippen LogP) is 1.53. The van der Waals surface area contributed by atoms with Gasteiger partial charge in [0, 0.05) is 17.4 Å². The molecule has 6 nitrogen and oxygen atoms in total. The van der Waals surface area contributed by atoms with Crippen LogP contribution < -0.4 is 4.72 Å². The van der Waals surface area contributed by atoms with Crippen molar-refractivity contribution in [2.45, 2.75) is 12.8 Å². The van der Waals surface area contributed by atoms with Crippen molar-refractivity contribution in [1.82, 2.24) is 9.71 Å². The van der Waals surface area contributed by atoms with Crippen molar-refractivity contribution in [1.29, 1.82) is 0 Å². The molecule has 0 aliphatic carbocycles. The number of aromatic nitrogens is 1. The molecular formula is C12H14N2O4S. The quantitative estimate of drug-likeness (QED) is 0.476. The molecule has 0 aliphatic heterocycles. The molecule has 2 rings (SSSR count). The lowest BCUT2D eigenvalue weighted by molar-refractivity contribution is 0.0691. The largest absolute Gasteiger partial charge is 0.477 e. The molecule has 0 saturated heterocycles. The Morgan fingerprint density at radius 3 is 2.84 bits per heavy atom. The summed E-state index contributed by atoms with van der Waals surface area (Å²) in [4.78, 5) is 13.7. The van der Waals surface area contributed by atoms with Gasteiger partial charge in [-0.2, -0.15) is 0 Å². The van der Waals surface area contributed by atoms with Gasteiger partial charge < -0.3 is 10.1 Å². The molecule has 1 heterocycles. The minimum absolute atomic E-state index is 0.171. The maximum atomic E-state index is 10.8. The van der Waals surface area contributed by atoms with Crippen LogP contribution in [-0.2, 0) is 17.7 Å². The van der Waals surface area contributed by atoms with Gasteiger partial charge >= 0.3 is 5.97 Å². The molecule has 1 aromatic heterocycles. The first-order valence-corrected chi connectivity index (χ1v) is 6.86. The van der Waals surface area contributed by atoms with E-state index >= 15 is 0 Å². The third-order valence-electron chi connectivity index (χ3n) is 2.78. The van der Waals surface area contributed by atoms with Crippen molar-refractivity contribution in [2.75, 3.05) is 6.54 Å². The van der Waals surface area contributed by atoms with E-state index < -0.39 is 17.2 Å². The molecule has 0 amide bonds. The van der Waals surface area contributed by atoms with Gasteiger partial charge in [-0.3, -0.25) is 4.55 Å². The van der Waals surface area contributed by atoms with Gasteiger partial charge in [-0.1, -0.05) is 6.07 Å². The highest BCUT2D eigenvalue weighted by atomic mass is 32.2. The van der Waals surface area contributed by atoms with Crippen molar-refractivity contribution in [3.63, 3.8) is 0 Å². The molecule has 1 atom stereocenters. The normalized spacial score (nSPS) is 12.7. The van der Waals surface area contributed by atoms with Gasteiger partial charge in [-0.05, 0) is 36.6 Å². The second-order valence-electron chi connectivity index (χ2n) is 4.16. The molecule has 102 valence electrons. The summed E-state index contributed by atoms with van der Waals surface area (Å²) in [6.45, 7) is 0.453. The molecule has 0 fully saturated rings. The van der Waals surface area contributed by atoms with E-state index in [-0.39, 0.29) is 5.69 Å². The van der Waals surface area contributed by atoms with Crippen LogP contribution in [0.3, 0.4) is 0 Å². The molecule has 19 heavy (non-hydrogen) atoms. The summed E-state index contributed by atoms with van der Waals surface area (Å²) < 4.78 is 21.4. The second kappa shape index (κ2) is 5.96. The molecule has 4 N–H and O–H groups in total. The molecule has 7 heteroatoms. The molecule has 0 bridgehead atoms. The second-order valence-corrected chi connectivity index (χ2v) is 4.94. The molecule has 1 unspecified atom stereocenters. The minimum atomic E-state index is -1.97. The Labute approximate surface area is 112 Å². The summed E-state index contributed by atoms with van der Waals surface area (Å²) in [5.74, 6) is -0.979. The smallest absolute Gasteiger partial charge is 0.352 e. The average molecular weight is 282 g/mol. The van der Waals surface area contributed by atoms with Crippen molar-refractivity contribution in [2.24, 2.45) is 0 Å². The number of aromatic amines is 1. The number of carboxylic acids is 1. The van der Waals surface area contributed by atoms with Crippen LogP contribution in [0.15, 0.2) is 24.3 Å². The van der Waals surface area contributed by atoms with Crippen LogP contribution in [0.25, 0.3) is 10.9 Å². The number of fused-ring (bicyclic) bond motifs is 1. The van der Waals surface area contributed by atoms with Gasteiger partial charge in [0.1, 0.15) is 5.69 Å². The monoisotopic (exact) mass is 282 g/mol. The van der Waals surface area contributed by atoms with Crippen LogP contribution in [0.4, 0.5) is 0 Å². The molecule has 2 aromatic rings. The summed E-state index contributed by atoms with van der Waals surface area (Å²) in [5.41, 5.74) is 2.02. The first-order valence-electron chi connectivity index (χ1n) is 5.75. The van der Waals surface area contributed by atoms with Crippen LogP contribution in [-0.4, -0.2) is 31.4 Å². The maximum Gasteiger partial charge on any atom is 0.352 e. The Bertz CT molecular complexity index is 623. The highest BCUT2D eigenvalue weighted by Gasteiger charge is 2.07. The van der Waals surface area contributed by atoms with Crippen molar-refractivity contribution < 1.29 is 18.7 Å². The summed E-state index contributed by atoms with van der Waals surface area (Å²) in [5, 5.41) is 9.74. The highest BCUT2D eigenvalue weighted by Crippen LogP contribution is 2.18. The Morgan fingerprint density at radius 1 is 1.37 bits per heavy atom. The molecule has 0 radical (unpaired) electrons. The zero-order valence-electron chi connectivity index (χ0n) is 10.0. The standard InChI is InChI=1S/C12H14N2O4S/c15-12(16)11-7-9-6-8(3-4-10(9)14-11)2-1-5-13-19(17)18/h3-4,6-7,13-14H,1-2,5H2,(H,15,16)(H,17,18). The minimum Gasteiger partial charge on any atom is -0.477 e. The number of H-pyrrole nitrogens is 1. The molecule has 1 aromatic carbocycles. The van der Waals surface area contributed by atoms with Crippen LogP contribution in [0.1, 0.15) is 22.5 Å². The van der Waals surface area contributed by atoms with Gasteiger partial charge in [0.25, 0.3) is 0 Å². The van der Waals surface area contributed by atoms with Crippen molar-refractivity contribution in [3.05, 3.63) is 35.5 Å². The summed E-state index contributed by atoms with van der Waals surface area (Å²) in [7, 11) is 0. The molecule has 0 aliphatic rings. The van der Waals surface area contributed by atoms with Gasteiger partial charge in [0.2, 0.25) is 11.3 Å². The fourth-order valence-corrected chi connectivity index (χ4v) is 2.22. The van der Waals surface area contributed by atoms with Crippen LogP contribution in [0.5, 0.6) is 0 Å². The van der Waals surface area contributed by atoms with Crippen LogP contribution in [0, 0.1) is 0 Å². The van der Waals surface area contributed by atoms with E-state index in [9.17, 15) is 9.00 Å². The Balaban J connectivity index is 2.04. The third kappa shape index (κ3) is 3.63. The topological polar surface area (TPSA) is 102 Å². The van der Waals surface area contributed by atoms with Gasteiger partial charge in [0.05, 0.1) is 0 Å². The maximum absolute atomic E-state index is 10.8. The zero-order chi connectivity index (χ0) is 13.8. The van der Waals surface area contributed by atoms with E-state index in [1.807, 2.05) is 18.2 Å². The number of carboxylic acid groups (broad SMARTS) is 1. The zero-order valence-corrected chi connectivity index (χ0v) is 10.9. The van der Waals surface area contributed by atoms with E-state index in [1.165, 1.54) is 0 Å². The number of nitrogens with one attached hydrogen (secondary N) is 2. The number of benzene rings is 1. The third-order valence-corrected chi connectivity index (χ3v) is 3.23. The first kappa shape index (κ1) is 13.7. The number of aromatic carboxylic acids is 1. The number of carbonyl (C=O) groups is 1. The summed E-state index contributed by atoms with van der Waals surface area (Å²) >= 11 is -1.97. The van der Waals surface area contributed by atoms with E-state index in [2.05, 4.69) is 9.71 Å². The highest BCUT2D eigenvalue weighted by molar-refractivity contribution is 7.77. The van der Waals surface area contributed by atoms with E-state index in [1.54, 1.807) is 6.07 Å². The van der Waals surface area contributed by atoms with Gasteiger partial charge in [-0.15, -0.1) is 0 Å². The lowest BCUT2D eigenvalue weighted by atomic mass is 10.1. The molecule has 0 saturated carbocycles. The number of aryl methyl sites for hydroxylation is 1. The average Bonchev–Trinajstić information content (AvgIpc) is 2.77. The number of hydrogen-bond acceptors (Lipinski definition) is 2. The fraction of sp³-hybridized carbons (Fsp3) is 0.250. The Hall–Kier alpha value is -1.70.